The fraction of sp³-hybridized carbons (Fsp3) is 0.433. The van der Waals surface area contributed by atoms with E-state index in [0.29, 0.717) is 11.1 Å². The molecule has 80 heavy (non-hydrogen) atoms. The molecule has 0 aromatic heterocycles. The summed E-state index contributed by atoms with van der Waals surface area (Å²) in [7, 11) is 0. The normalized spacial score (nSPS) is 23.1. The zero-order chi connectivity index (χ0) is 59.8. The Labute approximate surface area is 464 Å². The molecule has 4 rings (SSSR count). The zero-order valence-electron chi connectivity index (χ0n) is 46.6. The van der Waals surface area contributed by atoms with Crippen molar-refractivity contribution in [2.24, 2.45) is 10.8 Å². The molecule has 432 valence electrons. The number of aliphatic hydroxyl groups excluding tert-OH is 6. The van der Waals surface area contributed by atoms with E-state index in [1.165, 1.54) is 0 Å². The largest absolute Gasteiger partial charge is 0.505 e. The molecule has 0 aromatic carbocycles. The summed E-state index contributed by atoms with van der Waals surface area (Å²) in [5, 5.41) is 58.3. The molecule has 2 unspecified atom stereocenters. The highest BCUT2D eigenvalue weighted by molar-refractivity contribution is 6.02. The molecule has 6 atom stereocenters. The topological polar surface area (TPSA) is 313 Å². The fourth-order valence-corrected chi connectivity index (χ4v) is 8.73. The molecule has 2 aliphatic heterocycles. The molecule has 2 aliphatic carbocycles. The van der Waals surface area contributed by atoms with Crippen LogP contribution in [0.1, 0.15) is 108 Å². The van der Waals surface area contributed by atoms with Gasteiger partial charge in [-0.1, -0.05) is 135 Å². The number of cyclic esters (lactones) is 2. The fourth-order valence-electron chi connectivity index (χ4n) is 8.73. The van der Waals surface area contributed by atoms with Crippen molar-refractivity contribution >= 4 is 47.4 Å². The summed E-state index contributed by atoms with van der Waals surface area (Å²) >= 11 is 0. The molecule has 0 radical (unpaired) electrons. The van der Waals surface area contributed by atoms with Crippen LogP contribution in [-0.2, 0) is 66.8 Å². The van der Waals surface area contributed by atoms with Crippen LogP contribution in [0, 0.1) is 10.8 Å². The van der Waals surface area contributed by atoms with Crippen molar-refractivity contribution in [3.8, 4) is 0 Å². The van der Waals surface area contributed by atoms with Gasteiger partial charge in [-0.25, -0.2) is 9.59 Å². The molecule has 0 bridgehead atoms. The van der Waals surface area contributed by atoms with E-state index in [2.05, 4.69) is 9.47 Å². The predicted molar refractivity (Wildman–Crippen MR) is 289 cm³/mol. The summed E-state index contributed by atoms with van der Waals surface area (Å²) in [5.74, 6) is -10.4. The number of aliphatic hydroxyl groups is 6. The van der Waals surface area contributed by atoms with Crippen LogP contribution in [0.4, 0.5) is 0 Å². The molecule has 2 heterocycles. The lowest BCUT2D eigenvalue weighted by Crippen LogP contribution is -2.39. The molecule has 6 N–H and O–H groups in total. The monoisotopic (exact) mass is 1110 g/mol. The van der Waals surface area contributed by atoms with Gasteiger partial charge in [-0.2, -0.15) is 0 Å². The van der Waals surface area contributed by atoms with Crippen LogP contribution >= 0.6 is 0 Å². The molecular weight excluding hydrogens is 1040 g/mol. The number of esters is 6. The second kappa shape index (κ2) is 28.7. The average molecular weight is 1110 g/mol. The van der Waals surface area contributed by atoms with E-state index in [9.17, 15) is 69.0 Å². The third-order valence-corrected chi connectivity index (χ3v) is 13.3. The maximum absolute atomic E-state index is 13.3. The number of hydrogen-bond donors (Lipinski definition) is 6. The SMILES string of the molecule is CC1=C(/C=C/C(C)=C/C=C/C(C)=C/C=C/C=C(C)/C=C/C=C(C)/C=C/C2=C(C)C(=O)C(OC(=O)CCC(=O)OC[C@H](O)[C@H]3OC(=O)C(O)=C3O)CC2(C)C)C(C)(C)CC(OC(=O)CCC(=O)OC[C@H](O)[C@H]2OC(=O)C(O)=C2O)C1=O. The first-order chi connectivity index (χ1) is 37.4. The van der Waals surface area contributed by atoms with E-state index < -0.39 is 145 Å². The maximum atomic E-state index is 13.3. The van der Waals surface area contributed by atoms with E-state index in [-0.39, 0.29) is 24.4 Å². The highest BCUT2D eigenvalue weighted by Crippen LogP contribution is 2.42. The first-order valence-corrected chi connectivity index (χ1v) is 25.8. The Hall–Kier alpha value is -8.10. The lowest BCUT2D eigenvalue weighted by molar-refractivity contribution is -0.160. The third kappa shape index (κ3) is 18.2. The number of ether oxygens (including phenoxy) is 6. The summed E-state index contributed by atoms with van der Waals surface area (Å²) in [4.78, 5) is 99.0. The van der Waals surface area contributed by atoms with Gasteiger partial charge < -0.3 is 59.1 Å². The minimum atomic E-state index is -1.66. The molecule has 0 saturated heterocycles. The van der Waals surface area contributed by atoms with Gasteiger partial charge in [-0.3, -0.25) is 28.8 Å². The van der Waals surface area contributed by atoms with Crippen LogP contribution in [0.5, 0.6) is 0 Å². The van der Waals surface area contributed by atoms with Crippen molar-refractivity contribution in [2.75, 3.05) is 13.2 Å². The summed E-state index contributed by atoms with van der Waals surface area (Å²) < 4.78 is 30.0. The molecular formula is C60H72O20. The number of carbonyl (C=O) groups is 8. The molecule has 0 fully saturated rings. The Balaban J connectivity index is 1.20. The van der Waals surface area contributed by atoms with E-state index in [1.54, 1.807) is 13.8 Å². The molecule has 0 amide bonds. The van der Waals surface area contributed by atoms with Gasteiger partial charge in [-0.15, -0.1) is 0 Å². The average Bonchev–Trinajstić information content (AvgIpc) is 3.83. The Morgan fingerprint density at radius 2 is 0.838 bits per heavy atom. The second-order valence-electron chi connectivity index (χ2n) is 21.0. The van der Waals surface area contributed by atoms with Gasteiger partial charge in [-0.05, 0) is 74.7 Å². The number of ketones is 2. The van der Waals surface area contributed by atoms with Gasteiger partial charge in [0.1, 0.15) is 25.4 Å². The van der Waals surface area contributed by atoms with Gasteiger partial charge in [0.2, 0.25) is 11.5 Å². The van der Waals surface area contributed by atoms with Crippen molar-refractivity contribution in [3.05, 3.63) is 153 Å². The minimum Gasteiger partial charge on any atom is -0.505 e. The van der Waals surface area contributed by atoms with Crippen molar-refractivity contribution < 1.29 is 97.4 Å². The minimum absolute atomic E-state index is 0.212. The van der Waals surface area contributed by atoms with Gasteiger partial charge in [0, 0.05) is 12.8 Å². The van der Waals surface area contributed by atoms with Gasteiger partial charge in [0.05, 0.1) is 25.7 Å². The van der Waals surface area contributed by atoms with Gasteiger partial charge in [0.25, 0.3) is 0 Å². The molecule has 4 aliphatic rings. The van der Waals surface area contributed by atoms with Crippen molar-refractivity contribution in [2.45, 2.75) is 144 Å². The lowest BCUT2D eigenvalue weighted by Gasteiger charge is -2.36. The third-order valence-electron chi connectivity index (χ3n) is 13.3. The molecule has 0 saturated carbocycles. The number of carbonyl (C=O) groups excluding carboxylic acids is 8. The summed E-state index contributed by atoms with van der Waals surface area (Å²) in [6.45, 7) is 17.5. The maximum Gasteiger partial charge on any atom is 0.377 e. The molecule has 20 nitrogen and oxygen atoms in total. The van der Waals surface area contributed by atoms with E-state index in [4.69, 9.17) is 18.9 Å². The zero-order valence-corrected chi connectivity index (χ0v) is 46.6. The van der Waals surface area contributed by atoms with Crippen LogP contribution in [-0.4, -0.2) is 128 Å². The first-order valence-electron chi connectivity index (χ1n) is 25.8. The standard InChI is InChI=1S/C60H72O20/c1-33(17-13-19-35(3)21-23-39-37(5)49(67)43(29-59(39,7)8)77-47(65)27-25-45(63)75-31-41(61)55-51(69)53(71)57(73)79-55)15-11-12-16-34(2)18-14-20-36(4)22-24-40-38(6)50(68)44(30-60(40,9)10)78-48(66)28-26-46(64)76-32-42(62)56-52(70)54(72)58(74)80-56/h11-24,41-44,55-56,61-62,69-72H,25-32H2,1-10H3/b12-11+,17-13+,18-14+,23-21+,24-22+,33-15+,34-16+,35-19+,36-20+/t41-,42-,43?,44?,55+,56+/m0/s1. The van der Waals surface area contributed by atoms with Crippen LogP contribution in [0.2, 0.25) is 0 Å². The number of rotatable bonds is 24. The Morgan fingerprint density at radius 3 is 1.16 bits per heavy atom. The molecule has 20 heteroatoms. The Morgan fingerprint density at radius 1 is 0.525 bits per heavy atom. The van der Waals surface area contributed by atoms with Crippen LogP contribution < -0.4 is 0 Å². The van der Waals surface area contributed by atoms with Crippen molar-refractivity contribution in [1.29, 1.82) is 0 Å². The highest BCUT2D eigenvalue weighted by atomic mass is 16.6. The van der Waals surface area contributed by atoms with Crippen LogP contribution in [0.15, 0.2) is 153 Å². The quantitative estimate of drug-likeness (QED) is 0.0304. The lowest BCUT2D eigenvalue weighted by atomic mass is 9.71. The van der Waals surface area contributed by atoms with E-state index in [0.717, 1.165) is 33.4 Å². The summed E-state index contributed by atoms with van der Waals surface area (Å²) in [6, 6.07) is 0. The Kier molecular flexibility index (Phi) is 23.1. The summed E-state index contributed by atoms with van der Waals surface area (Å²) in [6.07, 6.45) is 17.1. The predicted octanol–water partition coefficient (Wildman–Crippen LogP) is 7.88. The molecule has 0 aromatic rings. The second-order valence-corrected chi connectivity index (χ2v) is 21.0. The van der Waals surface area contributed by atoms with Crippen molar-refractivity contribution in [3.63, 3.8) is 0 Å². The van der Waals surface area contributed by atoms with Crippen LogP contribution in [0.25, 0.3) is 0 Å². The number of Topliss-reactive ketones (excluding diaryl/α,β-unsaturated/α-hetero) is 2. The van der Waals surface area contributed by atoms with Gasteiger partial charge in [0.15, 0.2) is 47.5 Å². The van der Waals surface area contributed by atoms with Crippen molar-refractivity contribution in [1.82, 2.24) is 0 Å². The number of allylic oxidation sites excluding steroid dienone is 20. The van der Waals surface area contributed by atoms with E-state index >= 15 is 0 Å². The highest BCUT2D eigenvalue weighted by Gasteiger charge is 2.43. The van der Waals surface area contributed by atoms with E-state index in [1.807, 2.05) is 140 Å². The Bertz CT molecular complexity index is 2690. The van der Waals surface area contributed by atoms with Crippen LogP contribution in [0.3, 0.4) is 0 Å². The first kappa shape index (κ1) is 64.4. The number of hydrogen-bond acceptors (Lipinski definition) is 20. The summed E-state index contributed by atoms with van der Waals surface area (Å²) in [5.41, 5.74) is 5.25. The molecule has 0 spiro atoms. The van der Waals surface area contributed by atoms with Gasteiger partial charge >= 0.3 is 35.8 Å². The smallest absolute Gasteiger partial charge is 0.377 e.